The third-order valence-corrected chi connectivity index (χ3v) is 6.46. The smallest absolute Gasteiger partial charge is 0.367 e. The van der Waals surface area contributed by atoms with E-state index in [0.717, 1.165) is 43.6 Å². The van der Waals surface area contributed by atoms with Gasteiger partial charge in [0, 0.05) is 43.0 Å². The van der Waals surface area contributed by atoms with Crippen molar-refractivity contribution >= 4 is 5.82 Å². The summed E-state index contributed by atoms with van der Waals surface area (Å²) in [7, 11) is 0. The van der Waals surface area contributed by atoms with Crippen molar-refractivity contribution in [3.05, 3.63) is 35.5 Å². The molecule has 170 valence electrons. The van der Waals surface area contributed by atoms with Gasteiger partial charge in [0.15, 0.2) is 6.04 Å². The highest BCUT2D eigenvalue weighted by Gasteiger charge is 2.47. The maximum atomic E-state index is 13.8. The highest BCUT2D eigenvalue weighted by atomic mass is 19.4. The molecule has 1 saturated heterocycles. The summed E-state index contributed by atoms with van der Waals surface area (Å²) in [6, 6.07) is 0.00983. The van der Waals surface area contributed by atoms with Crippen molar-refractivity contribution in [1.29, 1.82) is 0 Å². The van der Waals surface area contributed by atoms with E-state index in [1.807, 2.05) is 39.2 Å². The van der Waals surface area contributed by atoms with E-state index < -0.39 is 12.2 Å². The fraction of sp³-hybridized carbons (Fsp3) is 0.682. The van der Waals surface area contributed by atoms with E-state index in [1.165, 1.54) is 4.68 Å². The quantitative estimate of drug-likeness (QED) is 0.722. The number of aromatic nitrogens is 4. The molecule has 4 rings (SSSR count). The van der Waals surface area contributed by atoms with Crippen molar-refractivity contribution in [3.8, 4) is 0 Å². The summed E-state index contributed by atoms with van der Waals surface area (Å²) >= 11 is 0. The van der Waals surface area contributed by atoms with E-state index in [4.69, 9.17) is 0 Å². The molecular weight excluding hydrogens is 405 g/mol. The van der Waals surface area contributed by atoms with Crippen molar-refractivity contribution in [1.82, 2.24) is 24.6 Å². The number of piperidine rings is 1. The van der Waals surface area contributed by atoms with Crippen molar-refractivity contribution in [2.75, 3.05) is 11.9 Å². The lowest BCUT2D eigenvalue weighted by molar-refractivity contribution is -0.174. The highest BCUT2D eigenvalue weighted by Crippen LogP contribution is 2.42. The predicted molar refractivity (Wildman–Crippen MR) is 113 cm³/mol. The summed E-state index contributed by atoms with van der Waals surface area (Å²) < 4.78 is 42.6. The van der Waals surface area contributed by atoms with Crippen LogP contribution >= 0.6 is 0 Å². The minimum Gasteiger partial charge on any atom is -0.367 e. The summed E-state index contributed by atoms with van der Waals surface area (Å²) in [5, 5.41) is 7.79. The number of halogens is 3. The molecule has 0 spiro atoms. The minimum absolute atomic E-state index is 0.00475. The SMILES string of the molecule is CCc1ncc(CN2CCCCC2c2cc3n(n2)[C@@H](C(F)(F)F)C[C@@H](C(C)C)N3)cn1. The molecule has 9 heteroatoms. The van der Waals surface area contributed by atoms with E-state index in [-0.39, 0.29) is 24.4 Å². The first-order valence-corrected chi connectivity index (χ1v) is 11.2. The van der Waals surface area contributed by atoms with Crippen LogP contribution in [0.3, 0.4) is 0 Å². The first kappa shape index (κ1) is 22.0. The lowest BCUT2D eigenvalue weighted by Gasteiger charge is -2.35. The lowest BCUT2D eigenvalue weighted by Crippen LogP contribution is -2.41. The molecule has 0 bridgehead atoms. The molecule has 3 atom stereocenters. The van der Waals surface area contributed by atoms with Gasteiger partial charge in [0.25, 0.3) is 0 Å². The Labute approximate surface area is 181 Å². The van der Waals surface area contributed by atoms with Gasteiger partial charge >= 0.3 is 6.18 Å². The van der Waals surface area contributed by atoms with Gasteiger partial charge in [-0.05, 0) is 31.7 Å². The third-order valence-electron chi connectivity index (χ3n) is 6.46. The number of aryl methyl sites for hydroxylation is 1. The van der Waals surface area contributed by atoms with Crippen LogP contribution in [0.25, 0.3) is 0 Å². The Morgan fingerprint density at radius 2 is 1.94 bits per heavy atom. The van der Waals surface area contributed by atoms with E-state index in [9.17, 15) is 13.2 Å². The van der Waals surface area contributed by atoms with Crippen LogP contribution in [0.2, 0.25) is 0 Å². The van der Waals surface area contributed by atoms with Gasteiger partial charge < -0.3 is 5.32 Å². The fourth-order valence-electron chi connectivity index (χ4n) is 4.62. The molecule has 1 fully saturated rings. The molecule has 2 aliphatic heterocycles. The molecule has 0 saturated carbocycles. The maximum Gasteiger partial charge on any atom is 0.410 e. The third kappa shape index (κ3) is 4.71. The number of likely N-dealkylation sites (tertiary alicyclic amines) is 1. The number of hydrogen-bond acceptors (Lipinski definition) is 5. The summed E-state index contributed by atoms with van der Waals surface area (Å²) in [6.07, 6.45) is 3.17. The van der Waals surface area contributed by atoms with Gasteiger partial charge in [-0.3, -0.25) is 4.90 Å². The molecule has 1 N–H and O–H groups in total. The zero-order valence-corrected chi connectivity index (χ0v) is 18.4. The number of nitrogens with one attached hydrogen (secondary N) is 1. The van der Waals surface area contributed by atoms with Crippen molar-refractivity contribution in [2.45, 2.75) is 83.7 Å². The summed E-state index contributed by atoms with van der Waals surface area (Å²) in [5.41, 5.74) is 1.73. The molecule has 2 aromatic rings. The van der Waals surface area contributed by atoms with E-state index in [0.29, 0.717) is 18.1 Å². The van der Waals surface area contributed by atoms with Gasteiger partial charge in [-0.15, -0.1) is 0 Å². The normalized spacial score (nSPS) is 24.8. The second kappa shape index (κ2) is 8.76. The molecule has 2 aromatic heterocycles. The van der Waals surface area contributed by atoms with Crippen LogP contribution < -0.4 is 5.32 Å². The predicted octanol–water partition coefficient (Wildman–Crippen LogP) is 4.91. The first-order valence-electron chi connectivity index (χ1n) is 11.2. The van der Waals surface area contributed by atoms with E-state index >= 15 is 0 Å². The van der Waals surface area contributed by atoms with Crippen LogP contribution in [0.1, 0.15) is 75.6 Å². The van der Waals surface area contributed by atoms with Crippen molar-refractivity contribution in [2.24, 2.45) is 5.92 Å². The van der Waals surface area contributed by atoms with Gasteiger partial charge in [0.2, 0.25) is 0 Å². The molecular formula is C22H31F3N6. The first-order chi connectivity index (χ1) is 14.8. The number of hydrogen-bond donors (Lipinski definition) is 1. The average molecular weight is 437 g/mol. The van der Waals surface area contributed by atoms with Gasteiger partial charge in [-0.1, -0.05) is 27.2 Å². The molecule has 0 amide bonds. The van der Waals surface area contributed by atoms with Gasteiger partial charge in [-0.25, -0.2) is 14.6 Å². The van der Waals surface area contributed by atoms with Gasteiger partial charge in [0.1, 0.15) is 11.6 Å². The lowest BCUT2D eigenvalue weighted by atomic mass is 9.94. The standard InChI is InChI=1S/C22H31F3N6/c1-4-20-26-11-15(12-27-20)13-30-8-6-5-7-18(30)17-10-21-28-16(14(2)3)9-19(22(23,24)25)31(21)29-17/h10-12,14,16,18-19,28H,4-9,13H2,1-3H3/t16-,18?,19+/m0/s1. The molecule has 2 aliphatic rings. The molecule has 1 unspecified atom stereocenters. The Hall–Kier alpha value is -2.16. The minimum atomic E-state index is -4.32. The Morgan fingerprint density at radius 3 is 2.58 bits per heavy atom. The van der Waals surface area contributed by atoms with Crippen molar-refractivity contribution in [3.63, 3.8) is 0 Å². The monoisotopic (exact) mass is 436 g/mol. The van der Waals surface area contributed by atoms with E-state index in [2.05, 4.69) is 25.3 Å². The van der Waals surface area contributed by atoms with Crippen LogP contribution in [0, 0.1) is 5.92 Å². The molecule has 31 heavy (non-hydrogen) atoms. The van der Waals surface area contributed by atoms with Crippen molar-refractivity contribution < 1.29 is 13.2 Å². The van der Waals surface area contributed by atoms with E-state index in [1.54, 1.807) is 0 Å². The molecule has 6 nitrogen and oxygen atoms in total. The second-order valence-electron chi connectivity index (χ2n) is 9.03. The van der Waals surface area contributed by atoms with Gasteiger partial charge in [-0.2, -0.15) is 18.3 Å². The Bertz CT molecular complexity index is 876. The molecule has 0 aliphatic carbocycles. The zero-order valence-electron chi connectivity index (χ0n) is 18.4. The Balaban J connectivity index is 1.60. The molecule has 0 aromatic carbocycles. The van der Waals surface area contributed by atoms with Crippen LogP contribution in [0.4, 0.5) is 19.0 Å². The average Bonchev–Trinajstić information content (AvgIpc) is 3.17. The van der Waals surface area contributed by atoms with Crippen LogP contribution in [-0.2, 0) is 13.0 Å². The largest absolute Gasteiger partial charge is 0.410 e. The summed E-state index contributed by atoms with van der Waals surface area (Å²) in [4.78, 5) is 11.1. The zero-order chi connectivity index (χ0) is 22.2. The number of nitrogens with zero attached hydrogens (tertiary/aromatic N) is 5. The number of fused-ring (bicyclic) bond motifs is 1. The fourth-order valence-corrected chi connectivity index (χ4v) is 4.62. The maximum absolute atomic E-state index is 13.8. The Kier molecular flexibility index (Phi) is 6.23. The van der Waals surface area contributed by atoms with Gasteiger partial charge in [0.05, 0.1) is 11.7 Å². The number of rotatable bonds is 5. The number of alkyl halides is 3. The van der Waals surface area contributed by atoms with Crippen LogP contribution in [-0.4, -0.2) is 43.4 Å². The molecule has 4 heterocycles. The molecule has 0 radical (unpaired) electrons. The number of anilines is 1. The second-order valence-corrected chi connectivity index (χ2v) is 9.03. The summed E-state index contributed by atoms with van der Waals surface area (Å²) in [6.45, 7) is 7.47. The topological polar surface area (TPSA) is 58.9 Å². The van der Waals surface area contributed by atoms with Crippen LogP contribution in [0.5, 0.6) is 0 Å². The van der Waals surface area contributed by atoms with Crippen LogP contribution in [0.15, 0.2) is 18.5 Å². The highest BCUT2D eigenvalue weighted by molar-refractivity contribution is 5.42. The summed E-state index contributed by atoms with van der Waals surface area (Å²) in [5.74, 6) is 1.39. The Morgan fingerprint density at radius 1 is 1.19 bits per heavy atom.